The first-order chi connectivity index (χ1) is 7.33. The van der Waals surface area contributed by atoms with E-state index in [0.717, 1.165) is 5.69 Å². The largest absolute Gasteiger partial charge is 0.298 e. The van der Waals surface area contributed by atoms with Crippen LogP contribution in [-0.4, -0.2) is 10.9 Å². The lowest BCUT2D eigenvalue weighted by molar-refractivity contribution is 0.112. The van der Waals surface area contributed by atoms with Crippen LogP contribution in [0.1, 0.15) is 10.4 Å². The molecule has 2 aromatic rings. The SMILES string of the molecule is O=Cc1cccn(-c2ccccc2)c1=O. The fraction of sp³-hybridized carbons (Fsp3) is 0. The first kappa shape index (κ1) is 9.40. The van der Waals surface area contributed by atoms with Crippen molar-refractivity contribution in [3.05, 3.63) is 64.6 Å². The smallest absolute Gasteiger partial charge is 0.265 e. The Bertz CT molecular complexity index is 529. The minimum Gasteiger partial charge on any atom is -0.298 e. The van der Waals surface area contributed by atoms with Gasteiger partial charge in [0.25, 0.3) is 5.56 Å². The topological polar surface area (TPSA) is 39.1 Å². The molecule has 0 saturated heterocycles. The Balaban J connectivity index is 2.65. The second kappa shape index (κ2) is 3.92. The first-order valence-electron chi connectivity index (χ1n) is 4.55. The Morgan fingerprint density at radius 2 is 1.73 bits per heavy atom. The quantitative estimate of drug-likeness (QED) is 0.690. The van der Waals surface area contributed by atoms with E-state index in [9.17, 15) is 9.59 Å². The third kappa shape index (κ3) is 1.72. The number of hydrogen-bond donors (Lipinski definition) is 0. The predicted molar refractivity (Wildman–Crippen MR) is 57.4 cm³/mol. The van der Waals surface area contributed by atoms with Crippen molar-refractivity contribution in [1.29, 1.82) is 0 Å². The van der Waals surface area contributed by atoms with Gasteiger partial charge < -0.3 is 0 Å². The Hall–Kier alpha value is -2.16. The van der Waals surface area contributed by atoms with Crippen LogP contribution in [0.25, 0.3) is 5.69 Å². The number of benzene rings is 1. The van der Waals surface area contributed by atoms with E-state index in [1.807, 2.05) is 30.3 Å². The summed E-state index contributed by atoms with van der Waals surface area (Å²) >= 11 is 0. The molecule has 0 aliphatic heterocycles. The zero-order valence-corrected chi connectivity index (χ0v) is 7.96. The number of hydrogen-bond acceptors (Lipinski definition) is 2. The van der Waals surface area contributed by atoms with E-state index in [2.05, 4.69) is 0 Å². The van der Waals surface area contributed by atoms with E-state index >= 15 is 0 Å². The Kier molecular flexibility index (Phi) is 2.46. The molecule has 1 aromatic heterocycles. The lowest BCUT2D eigenvalue weighted by Crippen LogP contribution is -2.20. The number of pyridine rings is 1. The summed E-state index contributed by atoms with van der Waals surface area (Å²) in [6, 6.07) is 12.4. The summed E-state index contributed by atoms with van der Waals surface area (Å²) in [7, 11) is 0. The highest BCUT2D eigenvalue weighted by molar-refractivity contribution is 5.74. The lowest BCUT2D eigenvalue weighted by Gasteiger charge is -2.04. The molecule has 3 heteroatoms. The summed E-state index contributed by atoms with van der Waals surface area (Å²) in [6.45, 7) is 0. The van der Waals surface area contributed by atoms with Crippen molar-refractivity contribution >= 4 is 6.29 Å². The van der Waals surface area contributed by atoms with Crippen molar-refractivity contribution in [2.24, 2.45) is 0 Å². The normalized spacial score (nSPS) is 9.87. The molecule has 0 N–H and O–H groups in total. The summed E-state index contributed by atoms with van der Waals surface area (Å²) in [5.41, 5.74) is 0.631. The Morgan fingerprint density at radius 3 is 2.40 bits per heavy atom. The third-order valence-corrected chi connectivity index (χ3v) is 2.14. The van der Waals surface area contributed by atoms with Gasteiger partial charge in [0, 0.05) is 11.9 Å². The summed E-state index contributed by atoms with van der Waals surface area (Å²) in [5, 5.41) is 0. The molecular formula is C12H9NO2. The van der Waals surface area contributed by atoms with Gasteiger partial charge in [0.05, 0.1) is 5.56 Å². The molecule has 0 unspecified atom stereocenters. The van der Waals surface area contributed by atoms with Gasteiger partial charge >= 0.3 is 0 Å². The molecule has 15 heavy (non-hydrogen) atoms. The Morgan fingerprint density at radius 1 is 1.00 bits per heavy atom. The molecule has 3 nitrogen and oxygen atoms in total. The minimum atomic E-state index is -0.293. The second-order valence-corrected chi connectivity index (χ2v) is 3.09. The van der Waals surface area contributed by atoms with Crippen molar-refractivity contribution in [2.45, 2.75) is 0 Å². The van der Waals surface area contributed by atoms with Crippen LogP contribution in [-0.2, 0) is 0 Å². The number of rotatable bonds is 2. The van der Waals surface area contributed by atoms with E-state index in [1.54, 1.807) is 12.3 Å². The van der Waals surface area contributed by atoms with Gasteiger partial charge in [-0.15, -0.1) is 0 Å². The minimum absolute atomic E-state index is 0.168. The van der Waals surface area contributed by atoms with Crippen LogP contribution in [0.3, 0.4) is 0 Å². The van der Waals surface area contributed by atoms with Crippen molar-refractivity contribution in [3.8, 4) is 5.69 Å². The van der Waals surface area contributed by atoms with Gasteiger partial charge in [-0.3, -0.25) is 14.2 Å². The average molecular weight is 199 g/mol. The van der Waals surface area contributed by atoms with Crippen molar-refractivity contribution in [2.75, 3.05) is 0 Å². The maximum Gasteiger partial charge on any atom is 0.265 e. The van der Waals surface area contributed by atoms with Crippen LogP contribution in [0.4, 0.5) is 0 Å². The lowest BCUT2D eigenvalue weighted by atomic mass is 10.2. The predicted octanol–water partition coefficient (Wildman–Crippen LogP) is 1.65. The Labute approximate surface area is 86.6 Å². The van der Waals surface area contributed by atoms with Gasteiger partial charge in [-0.25, -0.2) is 0 Å². The van der Waals surface area contributed by atoms with E-state index in [1.165, 1.54) is 10.6 Å². The van der Waals surface area contributed by atoms with E-state index in [-0.39, 0.29) is 11.1 Å². The maximum absolute atomic E-state index is 11.7. The first-order valence-corrected chi connectivity index (χ1v) is 4.55. The van der Waals surface area contributed by atoms with Crippen LogP contribution < -0.4 is 5.56 Å². The second-order valence-electron chi connectivity index (χ2n) is 3.09. The molecule has 74 valence electrons. The fourth-order valence-electron chi connectivity index (χ4n) is 1.39. The van der Waals surface area contributed by atoms with Gasteiger partial charge in [-0.1, -0.05) is 18.2 Å². The molecule has 0 amide bonds. The summed E-state index contributed by atoms with van der Waals surface area (Å²) in [4.78, 5) is 22.3. The number of aldehydes is 1. The molecule has 2 rings (SSSR count). The van der Waals surface area contributed by atoms with Gasteiger partial charge in [0.15, 0.2) is 6.29 Å². The molecular weight excluding hydrogens is 190 g/mol. The van der Waals surface area contributed by atoms with Crippen LogP contribution >= 0.6 is 0 Å². The number of nitrogens with zero attached hydrogens (tertiary/aromatic N) is 1. The number of carbonyl (C=O) groups excluding carboxylic acids is 1. The highest BCUT2D eigenvalue weighted by atomic mass is 16.1. The molecule has 0 bridgehead atoms. The van der Waals surface area contributed by atoms with Crippen LogP contribution in [0.15, 0.2) is 53.5 Å². The summed E-state index contributed by atoms with van der Waals surface area (Å²) in [6.07, 6.45) is 2.21. The number of carbonyl (C=O) groups is 1. The molecule has 0 aliphatic carbocycles. The van der Waals surface area contributed by atoms with Crippen LogP contribution in [0.2, 0.25) is 0 Å². The van der Waals surface area contributed by atoms with Crippen molar-refractivity contribution in [1.82, 2.24) is 4.57 Å². The molecule has 0 aliphatic rings. The zero-order chi connectivity index (χ0) is 10.7. The molecule has 0 fully saturated rings. The molecule has 0 atom stereocenters. The summed E-state index contributed by atoms with van der Waals surface area (Å²) < 4.78 is 1.45. The molecule has 0 spiro atoms. The maximum atomic E-state index is 11.7. The van der Waals surface area contributed by atoms with Crippen molar-refractivity contribution in [3.63, 3.8) is 0 Å². The number of aromatic nitrogens is 1. The summed E-state index contributed by atoms with van der Waals surface area (Å²) in [5.74, 6) is 0. The standard InChI is InChI=1S/C12H9NO2/c14-9-10-5-4-8-13(12(10)15)11-6-2-1-3-7-11/h1-9H. The monoisotopic (exact) mass is 199 g/mol. The molecule has 0 radical (unpaired) electrons. The van der Waals surface area contributed by atoms with Gasteiger partial charge in [0.1, 0.15) is 0 Å². The average Bonchev–Trinajstić information content (AvgIpc) is 2.30. The zero-order valence-electron chi connectivity index (χ0n) is 7.96. The van der Waals surface area contributed by atoms with Gasteiger partial charge in [0.2, 0.25) is 0 Å². The molecule has 1 heterocycles. The fourth-order valence-corrected chi connectivity index (χ4v) is 1.39. The number of para-hydroxylation sites is 1. The van der Waals surface area contributed by atoms with E-state index in [4.69, 9.17) is 0 Å². The van der Waals surface area contributed by atoms with Crippen LogP contribution in [0.5, 0.6) is 0 Å². The van der Waals surface area contributed by atoms with E-state index in [0.29, 0.717) is 6.29 Å². The van der Waals surface area contributed by atoms with Crippen molar-refractivity contribution < 1.29 is 4.79 Å². The molecule has 0 saturated carbocycles. The van der Waals surface area contributed by atoms with Crippen LogP contribution in [0, 0.1) is 0 Å². The molecule has 1 aromatic carbocycles. The van der Waals surface area contributed by atoms with E-state index < -0.39 is 0 Å². The van der Waals surface area contributed by atoms with Gasteiger partial charge in [-0.2, -0.15) is 0 Å². The third-order valence-electron chi connectivity index (χ3n) is 2.14. The highest BCUT2D eigenvalue weighted by Gasteiger charge is 2.02. The van der Waals surface area contributed by atoms with Gasteiger partial charge in [-0.05, 0) is 24.3 Å². The highest BCUT2D eigenvalue weighted by Crippen LogP contribution is 2.03.